The second-order valence-electron chi connectivity index (χ2n) is 6.52. The van der Waals surface area contributed by atoms with Gasteiger partial charge >= 0.3 is 0 Å². The number of amides is 1. The lowest BCUT2D eigenvalue weighted by atomic mass is 10.1. The zero-order valence-corrected chi connectivity index (χ0v) is 15.2. The summed E-state index contributed by atoms with van der Waals surface area (Å²) in [5.41, 5.74) is 3.62. The van der Waals surface area contributed by atoms with Gasteiger partial charge in [0.05, 0.1) is 16.7 Å². The monoisotopic (exact) mass is 343 g/mol. The Balaban J connectivity index is 1.51. The van der Waals surface area contributed by atoms with Gasteiger partial charge in [0.1, 0.15) is 0 Å². The minimum absolute atomic E-state index is 0.00248. The Labute approximate surface area is 147 Å². The first-order valence-electron chi connectivity index (χ1n) is 8.60. The summed E-state index contributed by atoms with van der Waals surface area (Å²) in [4.78, 5) is 19.3. The van der Waals surface area contributed by atoms with E-state index in [1.54, 1.807) is 11.3 Å². The fourth-order valence-electron chi connectivity index (χ4n) is 3.31. The molecule has 4 nitrogen and oxygen atoms in total. The van der Waals surface area contributed by atoms with Crippen LogP contribution >= 0.6 is 11.3 Å². The topological polar surface area (TPSA) is 45.2 Å². The highest BCUT2D eigenvalue weighted by Gasteiger charge is 2.30. The average molecular weight is 343 g/mol. The van der Waals surface area contributed by atoms with Crippen molar-refractivity contribution >= 4 is 17.2 Å². The third kappa shape index (κ3) is 4.42. The van der Waals surface area contributed by atoms with E-state index in [1.807, 2.05) is 6.92 Å². The number of carbonyl (C=O) groups is 1. The first kappa shape index (κ1) is 17.1. The van der Waals surface area contributed by atoms with Gasteiger partial charge in [-0.15, -0.1) is 11.3 Å². The van der Waals surface area contributed by atoms with Crippen LogP contribution < -0.4 is 5.32 Å². The summed E-state index contributed by atoms with van der Waals surface area (Å²) in [5, 5.41) is 6.24. The van der Waals surface area contributed by atoms with Crippen LogP contribution in [0.3, 0.4) is 0 Å². The van der Waals surface area contributed by atoms with Gasteiger partial charge in [-0.25, -0.2) is 4.98 Å². The van der Waals surface area contributed by atoms with Crippen molar-refractivity contribution in [1.82, 2.24) is 15.2 Å². The molecule has 0 spiro atoms. The molecule has 0 aliphatic carbocycles. The van der Waals surface area contributed by atoms with Crippen molar-refractivity contribution in [2.75, 3.05) is 13.1 Å². The van der Waals surface area contributed by atoms with Gasteiger partial charge in [0.2, 0.25) is 5.91 Å². The number of nitrogens with zero attached hydrogens (tertiary/aromatic N) is 2. The molecule has 0 saturated carbocycles. The molecule has 128 valence electrons. The SMILES string of the molecule is Cc1cccc(CN2CCCC2C(=O)NCCc2csc(C)n2)c1. The van der Waals surface area contributed by atoms with Crippen LogP contribution in [-0.2, 0) is 17.8 Å². The summed E-state index contributed by atoms with van der Waals surface area (Å²) in [7, 11) is 0. The second kappa shape index (κ2) is 7.90. The number of nitrogens with one attached hydrogen (secondary N) is 1. The average Bonchev–Trinajstić information content (AvgIpc) is 3.16. The Morgan fingerprint density at radius 2 is 2.29 bits per heavy atom. The Morgan fingerprint density at radius 3 is 3.04 bits per heavy atom. The number of likely N-dealkylation sites (tertiary alicyclic amines) is 1. The Hall–Kier alpha value is -1.72. The largest absolute Gasteiger partial charge is 0.354 e. The summed E-state index contributed by atoms with van der Waals surface area (Å²) in [6, 6.07) is 8.55. The molecule has 1 aliphatic heterocycles. The number of thiazole rings is 1. The Kier molecular flexibility index (Phi) is 5.63. The molecule has 1 saturated heterocycles. The third-order valence-electron chi connectivity index (χ3n) is 4.48. The smallest absolute Gasteiger partial charge is 0.237 e. The zero-order valence-electron chi connectivity index (χ0n) is 14.4. The Morgan fingerprint density at radius 1 is 1.42 bits per heavy atom. The van der Waals surface area contributed by atoms with Crippen LogP contribution in [0, 0.1) is 13.8 Å². The molecule has 24 heavy (non-hydrogen) atoms. The number of hydrogen-bond donors (Lipinski definition) is 1. The number of benzene rings is 1. The van der Waals surface area contributed by atoms with Crippen LogP contribution in [-0.4, -0.2) is 34.9 Å². The predicted molar refractivity (Wildman–Crippen MR) is 98.2 cm³/mol. The van der Waals surface area contributed by atoms with E-state index in [-0.39, 0.29) is 11.9 Å². The van der Waals surface area contributed by atoms with Crippen molar-refractivity contribution in [3.05, 3.63) is 51.5 Å². The molecule has 1 aromatic heterocycles. The van der Waals surface area contributed by atoms with Crippen LogP contribution in [0.2, 0.25) is 0 Å². The minimum Gasteiger partial charge on any atom is -0.354 e. The second-order valence-corrected chi connectivity index (χ2v) is 7.58. The standard InChI is InChI=1S/C19H25N3OS/c1-14-5-3-6-16(11-14)12-22-10-4-7-18(22)19(23)20-9-8-17-13-24-15(2)21-17/h3,5-6,11,13,18H,4,7-10,12H2,1-2H3,(H,20,23). The number of aryl methyl sites for hydroxylation is 2. The maximum Gasteiger partial charge on any atom is 0.237 e. The highest BCUT2D eigenvalue weighted by Crippen LogP contribution is 2.20. The van der Waals surface area contributed by atoms with Crippen molar-refractivity contribution in [2.45, 2.75) is 45.7 Å². The molecule has 5 heteroatoms. The van der Waals surface area contributed by atoms with Crippen LogP contribution in [0.15, 0.2) is 29.6 Å². The molecule has 2 heterocycles. The van der Waals surface area contributed by atoms with Crippen LogP contribution in [0.5, 0.6) is 0 Å². The quantitative estimate of drug-likeness (QED) is 0.877. The van der Waals surface area contributed by atoms with Crippen molar-refractivity contribution < 1.29 is 4.79 Å². The van der Waals surface area contributed by atoms with E-state index in [0.717, 1.165) is 43.1 Å². The fourth-order valence-corrected chi connectivity index (χ4v) is 3.96. The van der Waals surface area contributed by atoms with Gasteiger partial charge in [-0.3, -0.25) is 9.69 Å². The highest BCUT2D eigenvalue weighted by molar-refractivity contribution is 7.09. The number of aromatic nitrogens is 1. The molecule has 1 aromatic carbocycles. The van der Waals surface area contributed by atoms with Crippen molar-refractivity contribution in [1.29, 1.82) is 0 Å². The minimum atomic E-state index is 0.00248. The summed E-state index contributed by atoms with van der Waals surface area (Å²) >= 11 is 1.66. The van der Waals surface area contributed by atoms with Gasteiger partial charge < -0.3 is 5.32 Å². The number of rotatable bonds is 6. The van der Waals surface area contributed by atoms with E-state index in [1.165, 1.54) is 11.1 Å². The van der Waals surface area contributed by atoms with Gasteiger partial charge in [-0.05, 0) is 38.8 Å². The maximum atomic E-state index is 12.5. The first-order valence-corrected chi connectivity index (χ1v) is 9.48. The van der Waals surface area contributed by atoms with Gasteiger partial charge in [0, 0.05) is 24.9 Å². The Bertz CT molecular complexity index is 697. The molecular formula is C19H25N3OS. The molecule has 0 radical (unpaired) electrons. The van der Waals surface area contributed by atoms with Crippen molar-refractivity contribution in [3.8, 4) is 0 Å². The van der Waals surface area contributed by atoms with E-state index in [0.29, 0.717) is 6.54 Å². The summed E-state index contributed by atoms with van der Waals surface area (Å²) in [6.45, 7) is 6.63. The molecule has 1 atom stereocenters. The molecule has 2 aromatic rings. The lowest BCUT2D eigenvalue weighted by molar-refractivity contribution is -0.125. The van der Waals surface area contributed by atoms with Crippen LogP contribution in [0.4, 0.5) is 0 Å². The molecular weight excluding hydrogens is 318 g/mol. The molecule has 1 unspecified atom stereocenters. The molecule has 1 aliphatic rings. The van der Waals surface area contributed by atoms with Crippen LogP contribution in [0.1, 0.15) is 34.7 Å². The predicted octanol–water partition coefficient (Wildman–Crippen LogP) is 3.08. The van der Waals surface area contributed by atoms with E-state index in [2.05, 4.69) is 51.8 Å². The third-order valence-corrected chi connectivity index (χ3v) is 5.30. The lowest BCUT2D eigenvalue weighted by Crippen LogP contribution is -2.43. The maximum absolute atomic E-state index is 12.5. The van der Waals surface area contributed by atoms with E-state index >= 15 is 0 Å². The zero-order chi connectivity index (χ0) is 16.9. The fraction of sp³-hybridized carbons (Fsp3) is 0.474. The van der Waals surface area contributed by atoms with Crippen molar-refractivity contribution in [2.24, 2.45) is 0 Å². The summed E-state index contributed by atoms with van der Waals surface area (Å²) in [5.74, 6) is 0.159. The summed E-state index contributed by atoms with van der Waals surface area (Å²) < 4.78 is 0. The van der Waals surface area contributed by atoms with E-state index in [4.69, 9.17) is 0 Å². The van der Waals surface area contributed by atoms with Crippen molar-refractivity contribution in [3.63, 3.8) is 0 Å². The normalized spacial score (nSPS) is 18.0. The highest BCUT2D eigenvalue weighted by atomic mass is 32.1. The molecule has 3 rings (SSSR count). The lowest BCUT2D eigenvalue weighted by Gasteiger charge is -2.23. The molecule has 1 fully saturated rings. The van der Waals surface area contributed by atoms with Gasteiger partial charge in [0.25, 0.3) is 0 Å². The van der Waals surface area contributed by atoms with E-state index in [9.17, 15) is 4.79 Å². The molecule has 0 bridgehead atoms. The van der Waals surface area contributed by atoms with E-state index < -0.39 is 0 Å². The van der Waals surface area contributed by atoms with Crippen LogP contribution in [0.25, 0.3) is 0 Å². The van der Waals surface area contributed by atoms with Gasteiger partial charge in [0.15, 0.2) is 0 Å². The summed E-state index contributed by atoms with van der Waals surface area (Å²) in [6.07, 6.45) is 2.85. The molecule has 1 amide bonds. The van der Waals surface area contributed by atoms with Gasteiger partial charge in [-0.1, -0.05) is 29.8 Å². The first-order chi connectivity index (χ1) is 11.6. The van der Waals surface area contributed by atoms with Gasteiger partial charge in [-0.2, -0.15) is 0 Å². The molecule has 1 N–H and O–H groups in total. The number of carbonyl (C=O) groups excluding carboxylic acids is 1. The number of hydrogen-bond acceptors (Lipinski definition) is 4.